The highest BCUT2D eigenvalue weighted by Crippen LogP contribution is 2.69. The number of aromatic nitrogens is 2. The van der Waals surface area contributed by atoms with Gasteiger partial charge in [0, 0.05) is 24.2 Å². The Kier molecular flexibility index (Phi) is 3.94. The largest absolute Gasteiger partial charge is 0.483 e. The molecule has 0 unspecified atom stereocenters. The van der Waals surface area contributed by atoms with Crippen LogP contribution in [0.15, 0.2) is 59.3 Å². The summed E-state index contributed by atoms with van der Waals surface area (Å²) in [6, 6.07) is 11.3. The molecule has 1 amide bonds. The van der Waals surface area contributed by atoms with Crippen LogP contribution in [0.3, 0.4) is 0 Å². The number of carbonyl (C=O) groups is 1. The Morgan fingerprint density at radius 2 is 2.13 bits per heavy atom. The van der Waals surface area contributed by atoms with E-state index in [-0.39, 0.29) is 12.5 Å². The average molecular weight is 401 g/mol. The van der Waals surface area contributed by atoms with Gasteiger partial charge in [-0.15, -0.1) is 0 Å². The number of carbonyl (C=O) groups excluding carboxylic acids is 1. The zero-order valence-corrected chi connectivity index (χ0v) is 16.6. The van der Waals surface area contributed by atoms with Gasteiger partial charge in [-0.1, -0.05) is 35.5 Å². The van der Waals surface area contributed by atoms with Crippen LogP contribution in [-0.4, -0.2) is 22.6 Å². The maximum atomic E-state index is 12.5. The molecule has 2 aromatic heterocycles. The van der Waals surface area contributed by atoms with Gasteiger partial charge in [-0.25, -0.2) is 0 Å². The number of hydrogen-bond acceptors (Lipinski definition) is 5. The lowest BCUT2D eigenvalue weighted by atomic mass is 9.89. The van der Waals surface area contributed by atoms with Gasteiger partial charge < -0.3 is 14.6 Å². The molecule has 3 atom stereocenters. The number of para-hydroxylation sites is 1. The first-order chi connectivity index (χ1) is 14.7. The van der Waals surface area contributed by atoms with Crippen LogP contribution in [0.4, 0.5) is 0 Å². The topological polar surface area (TPSA) is 77.2 Å². The highest BCUT2D eigenvalue weighted by atomic mass is 16.5. The predicted molar refractivity (Wildman–Crippen MR) is 111 cm³/mol. The fraction of sp³-hybridized carbons (Fsp3) is 0.375. The summed E-state index contributed by atoms with van der Waals surface area (Å²) in [6.07, 6.45) is 10.4. The second kappa shape index (κ2) is 6.69. The fourth-order valence-electron chi connectivity index (χ4n) is 5.50. The van der Waals surface area contributed by atoms with Crippen molar-refractivity contribution >= 4 is 16.8 Å². The third kappa shape index (κ3) is 2.82. The minimum absolute atomic E-state index is 0.187. The van der Waals surface area contributed by atoms with Crippen LogP contribution in [0.1, 0.15) is 35.5 Å². The van der Waals surface area contributed by atoms with E-state index in [1.165, 1.54) is 19.3 Å². The van der Waals surface area contributed by atoms with Crippen molar-refractivity contribution < 1.29 is 14.1 Å². The molecule has 1 aromatic carbocycles. The Morgan fingerprint density at radius 3 is 3.00 bits per heavy atom. The minimum Gasteiger partial charge on any atom is -0.483 e. The molecule has 30 heavy (non-hydrogen) atoms. The zero-order valence-electron chi connectivity index (χ0n) is 16.6. The highest BCUT2D eigenvalue weighted by Gasteiger charge is 2.62. The van der Waals surface area contributed by atoms with Gasteiger partial charge in [0.25, 0.3) is 5.91 Å². The zero-order chi connectivity index (χ0) is 20.1. The Labute approximate surface area is 174 Å². The molecule has 0 saturated heterocycles. The Hall–Kier alpha value is -3.15. The third-order valence-corrected chi connectivity index (χ3v) is 7.13. The molecule has 3 aliphatic carbocycles. The molecule has 0 radical (unpaired) electrons. The van der Waals surface area contributed by atoms with Crippen molar-refractivity contribution in [3.63, 3.8) is 0 Å². The molecule has 2 bridgehead atoms. The SMILES string of the molecule is O=C(NC[C@@H]1C[C@@H]2C=C[C@@H]1C21CC1)c1cc(COc2cccc3cccnc23)on1. The van der Waals surface area contributed by atoms with Gasteiger partial charge in [-0.05, 0) is 54.6 Å². The second-order valence-corrected chi connectivity index (χ2v) is 8.75. The van der Waals surface area contributed by atoms with E-state index in [9.17, 15) is 4.79 Å². The van der Waals surface area contributed by atoms with Crippen molar-refractivity contribution in [3.05, 3.63) is 66.2 Å². The molecule has 152 valence electrons. The van der Waals surface area contributed by atoms with E-state index in [0.717, 1.165) is 16.8 Å². The number of fused-ring (bicyclic) bond motifs is 1. The Bertz CT molecular complexity index is 1140. The summed E-state index contributed by atoms with van der Waals surface area (Å²) in [7, 11) is 0. The van der Waals surface area contributed by atoms with Gasteiger partial charge in [0.1, 0.15) is 17.9 Å². The monoisotopic (exact) mass is 401 g/mol. The molecule has 0 aliphatic heterocycles. The number of ether oxygens (including phenoxy) is 1. The lowest BCUT2D eigenvalue weighted by molar-refractivity contribution is 0.0934. The van der Waals surface area contributed by atoms with E-state index in [1.807, 2.05) is 30.3 Å². The second-order valence-electron chi connectivity index (χ2n) is 8.75. The van der Waals surface area contributed by atoms with E-state index in [1.54, 1.807) is 12.3 Å². The van der Waals surface area contributed by atoms with Crippen LogP contribution in [0.25, 0.3) is 10.9 Å². The van der Waals surface area contributed by atoms with Crippen molar-refractivity contribution in [1.29, 1.82) is 0 Å². The summed E-state index contributed by atoms with van der Waals surface area (Å²) >= 11 is 0. The molecular formula is C24H23N3O3. The molecule has 3 aromatic rings. The van der Waals surface area contributed by atoms with E-state index >= 15 is 0 Å². The van der Waals surface area contributed by atoms with Gasteiger partial charge in [-0.2, -0.15) is 0 Å². The lowest BCUT2D eigenvalue weighted by Crippen LogP contribution is -2.31. The third-order valence-electron chi connectivity index (χ3n) is 7.13. The fourth-order valence-corrected chi connectivity index (χ4v) is 5.50. The number of rotatable bonds is 6. The summed E-state index contributed by atoms with van der Waals surface area (Å²) in [5, 5.41) is 7.99. The smallest absolute Gasteiger partial charge is 0.273 e. The van der Waals surface area contributed by atoms with E-state index in [2.05, 4.69) is 27.6 Å². The van der Waals surface area contributed by atoms with Crippen LogP contribution in [0, 0.1) is 23.2 Å². The summed E-state index contributed by atoms with van der Waals surface area (Å²) < 4.78 is 11.2. The maximum absolute atomic E-state index is 12.5. The Balaban J connectivity index is 1.07. The van der Waals surface area contributed by atoms with Crippen molar-refractivity contribution in [2.45, 2.75) is 25.9 Å². The van der Waals surface area contributed by atoms with Gasteiger partial charge >= 0.3 is 0 Å². The first kappa shape index (κ1) is 17.7. The molecule has 2 saturated carbocycles. The summed E-state index contributed by atoms with van der Waals surface area (Å²) in [5.41, 5.74) is 1.64. The van der Waals surface area contributed by atoms with Crippen molar-refractivity contribution in [2.75, 3.05) is 6.54 Å². The number of hydrogen-bond donors (Lipinski definition) is 1. The van der Waals surface area contributed by atoms with Crippen molar-refractivity contribution in [3.8, 4) is 5.75 Å². The van der Waals surface area contributed by atoms with Gasteiger partial charge in [-0.3, -0.25) is 9.78 Å². The maximum Gasteiger partial charge on any atom is 0.273 e. The number of allylic oxidation sites excluding steroid dienone is 2. The number of nitrogens with zero attached hydrogens (tertiary/aromatic N) is 2. The van der Waals surface area contributed by atoms with Crippen LogP contribution in [-0.2, 0) is 6.61 Å². The molecule has 2 heterocycles. The van der Waals surface area contributed by atoms with Crippen LogP contribution < -0.4 is 10.1 Å². The minimum atomic E-state index is -0.187. The van der Waals surface area contributed by atoms with Crippen LogP contribution in [0.2, 0.25) is 0 Å². The Morgan fingerprint density at radius 1 is 1.23 bits per heavy atom. The quantitative estimate of drug-likeness (QED) is 0.629. The molecule has 3 aliphatic rings. The van der Waals surface area contributed by atoms with Gasteiger partial charge in [0.05, 0.1) is 0 Å². The van der Waals surface area contributed by atoms with Crippen molar-refractivity contribution in [1.82, 2.24) is 15.5 Å². The molecule has 2 fully saturated rings. The normalized spacial score (nSPS) is 25.1. The standard InChI is InChI=1S/C24H23N3O3/c28-23(26-13-16-11-17-6-7-19(16)24(17)8-9-24)20-12-18(30-27-20)14-29-21-5-1-3-15-4-2-10-25-22(15)21/h1-7,10,12,16-17,19H,8-9,11,13-14H2,(H,26,28)/t16-,17-,19-/m0/s1. The number of pyridine rings is 1. The van der Waals surface area contributed by atoms with Gasteiger partial charge in [0.15, 0.2) is 11.5 Å². The first-order valence-electron chi connectivity index (χ1n) is 10.6. The van der Waals surface area contributed by atoms with E-state index < -0.39 is 0 Å². The predicted octanol–water partition coefficient (Wildman–Crippen LogP) is 4.13. The first-order valence-corrected chi connectivity index (χ1v) is 10.6. The number of benzene rings is 1. The van der Waals surface area contributed by atoms with E-state index in [4.69, 9.17) is 9.26 Å². The lowest BCUT2D eigenvalue weighted by Gasteiger charge is -2.19. The molecule has 1 N–H and O–H groups in total. The number of amides is 1. The average Bonchev–Trinajstić information content (AvgIpc) is 3.19. The summed E-state index contributed by atoms with van der Waals surface area (Å²) in [4.78, 5) is 16.9. The summed E-state index contributed by atoms with van der Waals surface area (Å²) in [5.74, 6) is 2.90. The molecule has 6 heteroatoms. The molecular weight excluding hydrogens is 378 g/mol. The van der Waals surface area contributed by atoms with Crippen LogP contribution >= 0.6 is 0 Å². The molecule has 6 nitrogen and oxygen atoms in total. The highest BCUT2D eigenvalue weighted by molar-refractivity contribution is 5.92. The van der Waals surface area contributed by atoms with Crippen molar-refractivity contribution in [2.24, 2.45) is 23.2 Å². The van der Waals surface area contributed by atoms with E-state index in [0.29, 0.717) is 41.0 Å². The molecule has 6 rings (SSSR count). The van der Waals surface area contributed by atoms with Crippen LogP contribution in [0.5, 0.6) is 5.75 Å². The number of nitrogens with one attached hydrogen (secondary N) is 1. The molecule has 1 spiro atoms. The summed E-state index contributed by atoms with van der Waals surface area (Å²) in [6.45, 7) is 0.891. The van der Waals surface area contributed by atoms with Gasteiger partial charge in [0.2, 0.25) is 0 Å².